The van der Waals surface area contributed by atoms with Gasteiger partial charge in [-0.3, -0.25) is 0 Å². The normalized spacial score (nSPS) is 18.3. The van der Waals surface area contributed by atoms with E-state index in [0.29, 0.717) is 17.9 Å². The summed E-state index contributed by atoms with van der Waals surface area (Å²) in [7, 11) is 0. The van der Waals surface area contributed by atoms with Crippen molar-refractivity contribution in [2.24, 2.45) is 0 Å². The molecule has 0 spiro atoms. The van der Waals surface area contributed by atoms with E-state index in [4.69, 9.17) is 14.2 Å². The zero-order valence-electron chi connectivity index (χ0n) is 17.6. The van der Waals surface area contributed by atoms with Crippen molar-refractivity contribution in [2.45, 2.75) is 59.5 Å². The van der Waals surface area contributed by atoms with Gasteiger partial charge in [0.05, 0.1) is 12.2 Å². The van der Waals surface area contributed by atoms with Crippen LogP contribution in [-0.2, 0) is 11.2 Å². The van der Waals surface area contributed by atoms with E-state index in [2.05, 4.69) is 6.92 Å². The van der Waals surface area contributed by atoms with Gasteiger partial charge in [0.15, 0.2) is 0 Å². The topological polar surface area (TPSA) is 44.8 Å². The Hall–Kier alpha value is -2.33. The van der Waals surface area contributed by atoms with Crippen LogP contribution in [0, 0.1) is 20.8 Å². The Kier molecular flexibility index (Phi) is 6.09. The van der Waals surface area contributed by atoms with Crippen LogP contribution in [0.25, 0.3) is 0 Å². The van der Waals surface area contributed by atoms with Crippen LogP contribution in [0.15, 0.2) is 30.3 Å². The molecule has 0 aliphatic carbocycles. The smallest absolute Gasteiger partial charge is 0.343 e. The molecule has 1 unspecified atom stereocenters. The molecule has 1 aliphatic heterocycles. The number of benzene rings is 2. The van der Waals surface area contributed by atoms with E-state index in [9.17, 15) is 4.79 Å². The quantitative estimate of drug-likeness (QED) is 0.384. The van der Waals surface area contributed by atoms with E-state index in [-0.39, 0.29) is 11.6 Å². The van der Waals surface area contributed by atoms with Gasteiger partial charge in [0.2, 0.25) is 0 Å². The van der Waals surface area contributed by atoms with Crippen molar-refractivity contribution >= 4 is 5.97 Å². The predicted octanol–water partition coefficient (Wildman–Crippen LogP) is 5.34. The lowest BCUT2D eigenvalue weighted by Gasteiger charge is -2.38. The number of ether oxygens (including phenoxy) is 3. The lowest BCUT2D eigenvalue weighted by atomic mass is 9.86. The van der Waals surface area contributed by atoms with Crippen molar-refractivity contribution in [3.63, 3.8) is 0 Å². The summed E-state index contributed by atoms with van der Waals surface area (Å²) in [5, 5.41) is 0. The second kappa shape index (κ2) is 8.36. The third-order valence-electron chi connectivity index (χ3n) is 5.75. The van der Waals surface area contributed by atoms with Crippen molar-refractivity contribution in [3.05, 3.63) is 58.1 Å². The Labute approximate surface area is 167 Å². The standard InChI is InChI=1S/C24H30O4/c1-6-26-15-14-24(5)13-12-20-18(4)21(16(2)17(3)22(20)28-24)27-23(25)19-10-8-7-9-11-19/h7-11H,6,12-15H2,1-5H3. The van der Waals surface area contributed by atoms with Gasteiger partial charge in [-0.05, 0) is 76.3 Å². The lowest BCUT2D eigenvalue weighted by Crippen LogP contribution is -2.38. The Morgan fingerprint density at radius 3 is 2.50 bits per heavy atom. The van der Waals surface area contributed by atoms with Crippen molar-refractivity contribution < 1.29 is 19.0 Å². The molecule has 0 radical (unpaired) electrons. The largest absolute Gasteiger partial charge is 0.487 e. The second-order valence-electron chi connectivity index (χ2n) is 7.77. The van der Waals surface area contributed by atoms with E-state index in [1.807, 2.05) is 45.9 Å². The average molecular weight is 383 g/mol. The van der Waals surface area contributed by atoms with Gasteiger partial charge in [-0.25, -0.2) is 4.79 Å². The number of esters is 1. The summed E-state index contributed by atoms with van der Waals surface area (Å²) >= 11 is 0. The predicted molar refractivity (Wildman–Crippen MR) is 111 cm³/mol. The van der Waals surface area contributed by atoms with Crippen LogP contribution in [0.3, 0.4) is 0 Å². The van der Waals surface area contributed by atoms with Crippen molar-refractivity contribution in [1.29, 1.82) is 0 Å². The maximum atomic E-state index is 12.6. The van der Waals surface area contributed by atoms with Gasteiger partial charge in [-0.15, -0.1) is 0 Å². The SMILES string of the molecule is CCOCCC1(C)CCc2c(C)c(OC(=O)c3ccccc3)c(C)c(C)c2O1. The Balaban J connectivity index is 1.89. The zero-order chi connectivity index (χ0) is 20.3. The van der Waals surface area contributed by atoms with E-state index in [0.717, 1.165) is 53.9 Å². The van der Waals surface area contributed by atoms with Crippen LogP contribution in [0.1, 0.15) is 59.3 Å². The molecular formula is C24H30O4. The molecule has 0 N–H and O–H groups in total. The highest BCUT2D eigenvalue weighted by atomic mass is 16.5. The summed E-state index contributed by atoms with van der Waals surface area (Å²) in [6, 6.07) is 9.10. The molecule has 0 bridgehead atoms. The summed E-state index contributed by atoms with van der Waals surface area (Å²) in [6.07, 6.45) is 2.69. The van der Waals surface area contributed by atoms with E-state index < -0.39 is 0 Å². The van der Waals surface area contributed by atoms with Crippen molar-refractivity contribution in [3.8, 4) is 11.5 Å². The molecule has 0 saturated carbocycles. The van der Waals surface area contributed by atoms with Gasteiger partial charge in [-0.1, -0.05) is 18.2 Å². The number of rotatable bonds is 6. The Bertz CT molecular complexity index is 857. The van der Waals surface area contributed by atoms with E-state index in [1.165, 1.54) is 0 Å². The Morgan fingerprint density at radius 1 is 1.11 bits per heavy atom. The highest BCUT2D eigenvalue weighted by molar-refractivity contribution is 5.91. The van der Waals surface area contributed by atoms with Crippen LogP contribution in [0.5, 0.6) is 11.5 Å². The summed E-state index contributed by atoms with van der Waals surface area (Å²) in [5.74, 6) is 1.27. The minimum atomic E-state index is -0.329. The Morgan fingerprint density at radius 2 is 1.82 bits per heavy atom. The fourth-order valence-electron chi connectivity index (χ4n) is 3.77. The van der Waals surface area contributed by atoms with Gasteiger partial charge in [0.1, 0.15) is 17.1 Å². The average Bonchev–Trinajstić information content (AvgIpc) is 2.70. The van der Waals surface area contributed by atoms with E-state index in [1.54, 1.807) is 12.1 Å². The van der Waals surface area contributed by atoms with Gasteiger partial charge >= 0.3 is 5.97 Å². The molecule has 0 saturated heterocycles. The zero-order valence-corrected chi connectivity index (χ0v) is 17.6. The molecular weight excluding hydrogens is 352 g/mol. The monoisotopic (exact) mass is 382 g/mol. The molecule has 4 nitrogen and oxygen atoms in total. The molecule has 1 atom stereocenters. The number of hydrogen-bond acceptors (Lipinski definition) is 4. The highest BCUT2D eigenvalue weighted by Crippen LogP contribution is 2.44. The lowest BCUT2D eigenvalue weighted by molar-refractivity contribution is 0.0207. The molecule has 150 valence electrons. The minimum Gasteiger partial charge on any atom is -0.487 e. The third kappa shape index (κ3) is 4.07. The van der Waals surface area contributed by atoms with Crippen LogP contribution in [-0.4, -0.2) is 24.8 Å². The maximum absolute atomic E-state index is 12.6. The molecule has 28 heavy (non-hydrogen) atoms. The first kappa shape index (κ1) is 20.4. The number of hydrogen-bond donors (Lipinski definition) is 0. The van der Waals surface area contributed by atoms with Crippen LogP contribution in [0.2, 0.25) is 0 Å². The molecule has 1 aliphatic rings. The molecule has 2 aromatic carbocycles. The van der Waals surface area contributed by atoms with E-state index >= 15 is 0 Å². The van der Waals surface area contributed by atoms with Crippen molar-refractivity contribution in [2.75, 3.05) is 13.2 Å². The van der Waals surface area contributed by atoms with Crippen LogP contribution < -0.4 is 9.47 Å². The van der Waals surface area contributed by atoms with Crippen LogP contribution in [0.4, 0.5) is 0 Å². The first-order chi connectivity index (χ1) is 13.4. The third-order valence-corrected chi connectivity index (χ3v) is 5.75. The van der Waals surface area contributed by atoms with Gasteiger partial charge in [-0.2, -0.15) is 0 Å². The summed E-state index contributed by atoms with van der Waals surface area (Å²) < 4.78 is 17.8. The maximum Gasteiger partial charge on any atom is 0.343 e. The fraction of sp³-hybridized carbons (Fsp3) is 0.458. The van der Waals surface area contributed by atoms with Gasteiger partial charge < -0.3 is 14.2 Å². The minimum absolute atomic E-state index is 0.228. The molecule has 1 heterocycles. The fourth-order valence-corrected chi connectivity index (χ4v) is 3.77. The summed E-state index contributed by atoms with van der Waals surface area (Å²) in [5.41, 5.74) is 4.46. The summed E-state index contributed by atoms with van der Waals surface area (Å²) in [6.45, 7) is 11.6. The first-order valence-electron chi connectivity index (χ1n) is 10.0. The van der Waals surface area contributed by atoms with Crippen LogP contribution >= 0.6 is 0 Å². The van der Waals surface area contributed by atoms with Gasteiger partial charge in [0.25, 0.3) is 0 Å². The molecule has 2 aromatic rings. The molecule has 3 rings (SSSR count). The molecule has 4 heteroatoms. The number of carbonyl (C=O) groups excluding carboxylic acids is 1. The highest BCUT2D eigenvalue weighted by Gasteiger charge is 2.34. The second-order valence-corrected chi connectivity index (χ2v) is 7.77. The first-order valence-corrected chi connectivity index (χ1v) is 10.0. The molecule has 0 aromatic heterocycles. The molecule has 0 fully saturated rings. The summed E-state index contributed by atoms with van der Waals surface area (Å²) in [4.78, 5) is 12.6. The van der Waals surface area contributed by atoms with Crippen molar-refractivity contribution in [1.82, 2.24) is 0 Å². The van der Waals surface area contributed by atoms with Gasteiger partial charge in [0, 0.05) is 18.6 Å². The number of carbonyl (C=O) groups is 1. The molecule has 0 amide bonds. The number of fused-ring (bicyclic) bond motifs is 1.